The predicted molar refractivity (Wildman–Crippen MR) is 141 cm³/mol. The Morgan fingerprint density at radius 2 is 1.69 bits per heavy atom. The van der Waals surface area contributed by atoms with Gasteiger partial charge in [0, 0.05) is 36.1 Å². The van der Waals surface area contributed by atoms with Crippen LogP contribution in [0.25, 0.3) is 10.9 Å². The van der Waals surface area contributed by atoms with E-state index < -0.39 is 6.04 Å². The molecule has 0 fully saturated rings. The summed E-state index contributed by atoms with van der Waals surface area (Å²) >= 11 is 0. The summed E-state index contributed by atoms with van der Waals surface area (Å²) in [5, 5.41) is 7.49. The van der Waals surface area contributed by atoms with E-state index in [0.29, 0.717) is 37.4 Å². The maximum Gasteiger partial charge on any atom is 0.328 e. The molecule has 3 heterocycles. The summed E-state index contributed by atoms with van der Waals surface area (Å²) in [6.45, 7) is 7.35. The van der Waals surface area contributed by atoms with Gasteiger partial charge in [0.25, 0.3) is 0 Å². The molecule has 0 spiro atoms. The van der Waals surface area contributed by atoms with E-state index in [0.717, 1.165) is 33.3 Å². The van der Waals surface area contributed by atoms with Gasteiger partial charge in [-0.1, -0.05) is 48.0 Å². The number of aryl methyl sites for hydroxylation is 1. The molecule has 0 radical (unpaired) electrons. The summed E-state index contributed by atoms with van der Waals surface area (Å²) in [6, 6.07) is 15.6. The van der Waals surface area contributed by atoms with Crippen molar-refractivity contribution in [2.45, 2.75) is 39.3 Å². The molecule has 2 atom stereocenters. The van der Waals surface area contributed by atoms with Crippen LogP contribution in [0.15, 0.2) is 48.5 Å². The molecule has 4 aromatic rings. The fraction of sp³-hybridized carbons (Fsp3) is 0.333. The molecule has 0 unspecified atom stereocenters. The lowest BCUT2D eigenvalue weighted by Gasteiger charge is -2.41. The zero-order valence-corrected chi connectivity index (χ0v) is 21.0. The molecule has 9 nitrogen and oxygen atoms in total. The smallest absolute Gasteiger partial charge is 0.328 e. The van der Waals surface area contributed by atoms with E-state index in [2.05, 4.69) is 63.9 Å². The van der Waals surface area contributed by atoms with Crippen molar-refractivity contribution in [3.8, 4) is 0 Å². The molecule has 5 rings (SSSR count). The highest BCUT2D eigenvalue weighted by molar-refractivity contribution is 5.89. The van der Waals surface area contributed by atoms with Crippen molar-refractivity contribution in [2.24, 2.45) is 0 Å². The van der Waals surface area contributed by atoms with Crippen LogP contribution in [0.5, 0.6) is 0 Å². The van der Waals surface area contributed by atoms with Gasteiger partial charge in [-0.3, -0.25) is 0 Å². The fourth-order valence-electron chi connectivity index (χ4n) is 4.90. The second kappa shape index (κ2) is 9.85. The van der Waals surface area contributed by atoms with Crippen LogP contribution in [0.3, 0.4) is 0 Å². The Kier molecular flexibility index (Phi) is 6.45. The minimum atomic E-state index is -0.626. The van der Waals surface area contributed by atoms with E-state index in [1.165, 1.54) is 7.11 Å². The van der Waals surface area contributed by atoms with Gasteiger partial charge >= 0.3 is 5.97 Å². The number of carbonyl (C=O) groups excluding carboxylic acids is 1. The quantitative estimate of drug-likeness (QED) is 0.334. The van der Waals surface area contributed by atoms with E-state index in [1.54, 1.807) is 0 Å². The third-order valence-electron chi connectivity index (χ3n) is 6.52. The lowest BCUT2D eigenvalue weighted by Crippen LogP contribution is -2.50. The Hall–Kier alpha value is -4.14. The highest BCUT2D eigenvalue weighted by atomic mass is 16.5. The molecule has 9 heteroatoms. The number of aromatic amines is 1. The molecule has 0 saturated heterocycles. The first kappa shape index (κ1) is 23.6. The third-order valence-corrected chi connectivity index (χ3v) is 6.52. The zero-order chi connectivity index (χ0) is 25.2. The number of fused-ring (bicyclic) bond motifs is 3. The van der Waals surface area contributed by atoms with Gasteiger partial charge in [0.2, 0.25) is 17.8 Å². The number of hydrogen-bond donors (Lipinski definition) is 3. The number of esters is 1. The first-order valence-corrected chi connectivity index (χ1v) is 12.3. The van der Waals surface area contributed by atoms with Crippen LogP contribution in [0, 0.1) is 6.92 Å². The number of ether oxygens (including phenoxy) is 1. The van der Waals surface area contributed by atoms with E-state index in [9.17, 15) is 4.79 Å². The monoisotopic (exact) mass is 485 g/mol. The summed E-state index contributed by atoms with van der Waals surface area (Å²) in [5.74, 6) is 0.972. The summed E-state index contributed by atoms with van der Waals surface area (Å²) in [4.78, 5) is 32.9. The van der Waals surface area contributed by atoms with Crippen molar-refractivity contribution in [2.75, 3.05) is 35.7 Å². The Morgan fingerprint density at radius 3 is 2.33 bits per heavy atom. The van der Waals surface area contributed by atoms with Crippen LogP contribution in [0.2, 0.25) is 0 Å². The van der Waals surface area contributed by atoms with E-state index >= 15 is 0 Å². The van der Waals surface area contributed by atoms with Crippen molar-refractivity contribution >= 4 is 34.7 Å². The maximum atomic E-state index is 13.3. The average molecular weight is 486 g/mol. The Bertz CT molecular complexity index is 1360. The van der Waals surface area contributed by atoms with Gasteiger partial charge in [-0.15, -0.1) is 0 Å². The van der Waals surface area contributed by atoms with Crippen molar-refractivity contribution < 1.29 is 9.53 Å². The Morgan fingerprint density at radius 1 is 1.03 bits per heavy atom. The SMILES string of the molecule is CCNc1nc(NCC)nc(N2[C@H](c3ccc(C)cc3)c3[nH]c4ccccc4c3C[C@H]2C(=O)OC)n1. The number of H-pyrrole nitrogens is 1. The van der Waals surface area contributed by atoms with Gasteiger partial charge in [0.15, 0.2) is 0 Å². The molecular formula is C27H31N7O2. The molecule has 1 aliphatic heterocycles. The van der Waals surface area contributed by atoms with Gasteiger partial charge in [0.1, 0.15) is 6.04 Å². The number of benzene rings is 2. The second-order valence-corrected chi connectivity index (χ2v) is 8.87. The lowest BCUT2D eigenvalue weighted by atomic mass is 9.88. The van der Waals surface area contributed by atoms with E-state index in [1.807, 2.05) is 30.9 Å². The molecular weight excluding hydrogens is 454 g/mol. The molecule has 0 bridgehead atoms. The molecule has 1 aliphatic rings. The van der Waals surface area contributed by atoms with Crippen LogP contribution >= 0.6 is 0 Å². The topological polar surface area (TPSA) is 108 Å². The molecule has 36 heavy (non-hydrogen) atoms. The summed E-state index contributed by atoms with van der Waals surface area (Å²) < 4.78 is 5.31. The Labute approximate surface area is 210 Å². The predicted octanol–water partition coefficient (Wildman–Crippen LogP) is 4.22. The molecule has 2 aromatic carbocycles. The normalized spacial score (nSPS) is 17.1. The van der Waals surface area contributed by atoms with Gasteiger partial charge in [0.05, 0.1) is 13.2 Å². The number of para-hydroxylation sites is 1. The zero-order valence-electron chi connectivity index (χ0n) is 21.0. The second-order valence-electron chi connectivity index (χ2n) is 8.87. The number of hydrogen-bond acceptors (Lipinski definition) is 8. The first-order valence-electron chi connectivity index (χ1n) is 12.3. The minimum Gasteiger partial charge on any atom is -0.467 e. The Balaban J connectivity index is 1.77. The first-order chi connectivity index (χ1) is 17.5. The van der Waals surface area contributed by atoms with Crippen LogP contribution in [-0.2, 0) is 16.0 Å². The van der Waals surface area contributed by atoms with Crippen LogP contribution in [0.1, 0.15) is 42.3 Å². The van der Waals surface area contributed by atoms with Crippen LogP contribution in [0.4, 0.5) is 17.8 Å². The minimum absolute atomic E-state index is 0.335. The van der Waals surface area contributed by atoms with E-state index in [-0.39, 0.29) is 12.0 Å². The lowest BCUT2D eigenvalue weighted by molar-refractivity contribution is -0.142. The number of rotatable bonds is 7. The average Bonchev–Trinajstić information content (AvgIpc) is 3.26. The third kappa shape index (κ3) is 4.21. The number of methoxy groups -OCH3 is 1. The van der Waals surface area contributed by atoms with Gasteiger partial charge in [-0.05, 0) is 38.0 Å². The number of nitrogens with one attached hydrogen (secondary N) is 3. The van der Waals surface area contributed by atoms with Gasteiger partial charge in [-0.2, -0.15) is 15.0 Å². The molecule has 0 saturated carbocycles. The van der Waals surface area contributed by atoms with Crippen molar-refractivity contribution in [1.82, 2.24) is 19.9 Å². The maximum absolute atomic E-state index is 13.3. The highest BCUT2D eigenvalue weighted by Crippen LogP contribution is 2.43. The van der Waals surface area contributed by atoms with Gasteiger partial charge in [-0.25, -0.2) is 4.79 Å². The number of carbonyl (C=O) groups is 1. The van der Waals surface area contributed by atoms with Gasteiger partial charge < -0.3 is 25.3 Å². The summed E-state index contributed by atoms with van der Waals surface area (Å²) in [6.07, 6.45) is 0.465. The van der Waals surface area contributed by atoms with Crippen molar-refractivity contribution in [3.63, 3.8) is 0 Å². The van der Waals surface area contributed by atoms with Crippen molar-refractivity contribution in [3.05, 3.63) is 70.9 Å². The molecule has 186 valence electrons. The molecule has 2 aromatic heterocycles. The number of aromatic nitrogens is 4. The van der Waals surface area contributed by atoms with Crippen molar-refractivity contribution in [1.29, 1.82) is 0 Å². The standard InChI is InChI=1S/C27H31N7O2/c1-5-28-25-31-26(29-6-2)33-27(32-25)34-21(24(35)36-4)15-19-18-9-7-8-10-20(18)30-22(19)23(34)17-13-11-16(3)12-14-17/h7-14,21,23,30H,5-6,15H2,1-4H3,(H2,28,29,31,32,33)/t21-,23+/m0/s1. The highest BCUT2D eigenvalue weighted by Gasteiger charge is 2.43. The molecule has 3 N–H and O–H groups in total. The fourth-order valence-corrected chi connectivity index (χ4v) is 4.90. The number of nitrogens with zero attached hydrogens (tertiary/aromatic N) is 4. The summed E-state index contributed by atoms with van der Waals surface area (Å²) in [5.41, 5.74) is 5.35. The summed E-state index contributed by atoms with van der Waals surface area (Å²) in [7, 11) is 1.42. The molecule has 0 aliphatic carbocycles. The largest absolute Gasteiger partial charge is 0.467 e. The number of anilines is 3. The van der Waals surface area contributed by atoms with Crippen LogP contribution in [-0.4, -0.2) is 52.1 Å². The molecule has 0 amide bonds. The van der Waals surface area contributed by atoms with Crippen LogP contribution < -0.4 is 15.5 Å². The van der Waals surface area contributed by atoms with E-state index in [4.69, 9.17) is 14.7 Å².